The highest BCUT2D eigenvalue weighted by Crippen LogP contribution is 2.22. The summed E-state index contributed by atoms with van der Waals surface area (Å²) in [7, 11) is 1.72. The summed E-state index contributed by atoms with van der Waals surface area (Å²) in [5, 5.41) is 12.2. The van der Waals surface area contributed by atoms with E-state index in [4.69, 9.17) is 0 Å². The van der Waals surface area contributed by atoms with E-state index in [0.29, 0.717) is 12.8 Å². The van der Waals surface area contributed by atoms with E-state index in [1.54, 1.807) is 31.2 Å². The fraction of sp³-hybridized carbons (Fsp3) is 0.538. The number of hydrogen-bond acceptors (Lipinski definition) is 4. The summed E-state index contributed by atoms with van der Waals surface area (Å²) in [6.45, 7) is 1.90. The molecule has 18 heavy (non-hydrogen) atoms. The molecule has 1 unspecified atom stereocenters. The van der Waals surface area contributed by atoms with Gasteiger partial charge in [0.15, 0.2) is 0 Å². The molecule has 1 aromatic rings. The van der Waals surface area contributed by atoms with Gasteiger partial charge in [0.2, 0.25) is 0 Å². The minimum absolute atomic E-state index is 0.596. The van der Waals surface area contributed by atoms with Crippen LogP contribution in [0.2, 0.25) is 0 Å². The Morgan fingerprint density at radius 2 is 2.17 bits per heavy atom. The van der Waals surface area contributed by atoms with Crippen molar-refractivity contribution in [3.05, 3.63) is 24.5 Å². The van der Waals surface area contributed by atoms with E-state index in [1.807, 2.05) is 19.1 Å². The lowest BCUT2D eigenvalue weighted by atomic mass is 9.91. The van der Waals surface area contributed by atoms with Gasteiger partial charge in [0.05, 0.1) is 0 Å². The Morgan fingerprint density at radius 1 is 1.50 bits per heavy atom. The third-order valence-corrected chi connectivity index (χ3v) is 4.26. The van der Waals surface area contributed by atoms with Crippen LogP contribution < -0.4 is 5.32 Å². The Labute approximate surface area is 112 Å². The van der Waals surface area contributed by atoms with Crippen molar-refractivity contribution in [2.24, 2.45) is 0 Å². The number of pyridine rings is 1. The van der Waals surface area contributed by atoms with Gasteiger partial charge in [0, 0.05) is 17.3 Å². The number of carboxylic acids is 1. The Balaban J connectivity index is 2.38. The topological polar surface area (TPSA) is 62.2 Å². The van der Waals surface area contributed by atoms with E-state index in [1.165, 1.54) is 4.90 Å². The average Bonchev–Trinajstić information content (AvgIpc) is 2.40. The standard InChI is InChI=1S/C13H20N2O2S/c1-3-13(14-2,12(16)17)7-4-10-18-11-5-8-15-9-6-11/h5-6,8-9,14H,3-4,7,10H2,1-2H3,(H,16,17). The normalized spacial score (nSPS) is 14.1. The van der Waals surface area contributed by atoms with Crippen molar-refractivity contribution < 1.29 is 9.90 Å². The largest absolute Gasteiger partial charge is 0.480 e. The Kier molecular flexibility index (Phi) is 6.15. The molecule has 5 heteroatoms. The van der Waals surface area contributed by atoms with Gasteiger partial charge in [-0.2, -0.15) is 0 Å². The summed E-state index contributed by atoms with van der Waals surface area (Å²) in [6.07, 6.45) is 5.65. The zero-order valence-corrected chi connectivity index (χ0v) is 11.7. The lowest BCUT2D eigenvalue weighted by Gasteiger charge is -2.27. The zero-order chi connectivity index (χ0) is 13.4. The summed E-state index contributed by atoms with van der Waals surface area (Å²) >= 11 is 1.73. The smallest absolute Gasteiger partial charge is 0.323 e. The van der Waals surface area contributed by atoms with E-state index in [9.17, 15) is 9.90 Å². The van der Waals surface area contributed by atoms with Gasteiger partial charge >= 0.3 is 5.97 Å². The molecule has 0 bridgehead atoms. The molecule has 100 valence electrons. The predicted octanol–water partition coefficient (Wildman–Crippen LogP) is 2.41. The molecule has 1 heterocycles. The first-order valence-electron chi connectivity index (χ1n) is 6.10. The molecule has 2 N–H and O–H groups in total. The molecule has 1 rings (SSSR count). The number of nitrogens with zero attached hydrogens (tertiary/aromatic N) is 1. The molecule has 1 aromatic heterocycles. The maximum atomic E-state index is 11.3. The van der Waals surface area contributed by atoms with Crippen LogP contribution in [0.15, 0.2) is 29.4 Å². The molecule has 0 saturated carbocycles. The molecular formula is C13H20N2O2S. The quantitative estimate of drug-likeness (QED) is 0.560. The minimum atomic E-state index is -0.779. The first-order chi connectivity index (χ1) is 8.64. The first kappa shape index (κ1) is 15.0. The van der Waals surface area contributed by atoms with Crippen LogP contribution in [0.1, 0.15) is 26.2 Å². The monoisotopic (exact) mass is 268 g/mol. The van der Waals surface area contributed by atoms with Gasteiger partial charge in [-0.1, -0.05) is 6.92 Å². The number of rotatable bonds is 8. The van der Waals surface area contributed by atoms with E-state index >= 15 is 0 Å². The number of aromatic nitrogens is 1. The van der Waals surface area contributed by atoms with Crippen molar-refractivity contribution in [1.29, 1.82) is 0 Å². The van der Waals surface area contributed by atoms with Crippen molar-refractivity contribution in [3.63, 3.8) is 0 Å². The van der Waals surface area contributed by atoms with Crippen LogP contribution in [0.4, 0.5) is 0 Å². The highest BCUT2D eigenvalue weighted by molar-refractivity contribution is 7.99. The second-order valence-electron chi connectivity index (χ2n) is 4.13. The van der Waals surface area contributed by atoms with Crippen molar-refractivity contribution in [2.75, 3.05) is 12.8 Å². The molecule has 0 fully saturated rings. The molecule has 0 radical (unpaired) electrons. The van der Waals surface area contributed by atoms with Gasteiger partial charge in [0.25, 0.3) is 0 Å². The van der Waals surface area contributed by atoms with Crippen LogP contribution in [-0.2, 0) is 4.79 Å². The molecule has 0 aromatic carbocycles. The number of carbonyl (C=O) groups is 1. The molecule has 0 saturated heterocycles. The maximum Gasteiger partial charge on any atom is 0.323 e. The molecule has 0 aliphatic heterocycles. The predicted molar refractivity (Wildman–Crippen MR) is 73.9 cm³/mol. The van der Waals surface area contributed by atoms with Gasteiger partial charge in [-0.3, -0.25) is 9.78 Å². The molecule has 4 nitrogen and oxygen atoms in total. The molecule has 0 aliphatic rings. The Morgan fingerprint density at radius 3 is 2.67 bits per heavy atom. The lowest BCUT2D eigenvalue weighted by molar-refractivity contribution is -0.145. The second kappa shape index (κ2) is 7.38. The fourth-order valence-corrected chi connectivity index (χ4v) is 2.68. The highest BCUT2D eigenvalue weighted by atomic mass is 32.2. The van der Waals surface area contributed by atoms with Crippen LogP contribution in [0.5, 0.6) is 0 Å². The molecule has 0 spiro atoms. The van der Waals surface area contributed by atoms with Gasteiger partial charge in [-0.25, -0.2) is 0 Å². The minimum Gasteiger partial charge on any atom is -0.480 e. The van der Waals surface area contributed by atoms with Gasteiger partial charge in [-0.05, 0) is 44.2 Å². The molecular weight excluding hydrogens is 248 g/mol. The van der Waals surface area contributed by atoms with Crippen molar-refractivity contribution in [1.82, 2.24) is 10.3 Å². The number of aliphatic carboxylic acids is 1. The van der Waals surface area contributed by atoms with E-state index in [2.05, 4.69) is 10.3 Å². The third kappa shape index (κ3) is 3.99. The molecule has 1 atom stereocenters. The zero-order valence-electron chi connectivity index (χ0n) is 10.8. The summed E-state index contributed by atoms with van der Waals surface area (Å²) < 4.78 is 0. The van der Waals surface area contributed by atoms with Crippen molar-refractivity contribution in [3.8, 4) is 0 Å². The van der Waals surface area contributed by atoms with Crippen LogP contribution >= 0.6 is 11.8 Å². The lowest BCUT2D eigenvalue weighted by Crippen LogP contribution is -2.49. The van der Waals surface area contributed by atoms with Crippen LogP contribution in [-0.4, -0.2) is 34.4 Å². The third-order valence-electron chi connectivity index (χ3n) is 3.16. The average molecular weight is 268 g/mol. The summed E-state index contributed by atoms with van der Waals surface area (Å²) in [4.78, 5) is 16.4. The summed E-state index contributed by atoms with van der Waals surface area (Å²) in [6, 6.07) is 3.93. The molecule has 0 aliphatic carbocycles. The van der Waals surface area contributed by atoms with Crippen molar-refractivity contribution >= 4 is 17.7 Å². The molecule has 0 amide bonds. The van der Waals surface area contributed by atoms with Gasteiger partial charge in [0.1, 0.15) is 5.54 Å². The highest BCUT2D eigenvalue weighted by Gasteiger charge is 2.33. The number of hydrogen-bond donors (Lipinski definition) is 2. The SMILES string of the molecule is CCC(CCCSc1ccncc1)(NC)C(=O)O. The number of likely N-dealkylation sites (N-methyl/N-ethyl adjacent to an activating group) is 1. The van der Waals surface area contributed by atoms with Crippen LogP contribution in [0.3, 0.4) is 0 Å². The van der Waals surface area contributed by atoms with Gasteiger partial charge < -0.3 is 10.4 Å². The van der Waals surface area contributed by atoms with Crippen LogP contribution in [0, 0.1) is 0 Å². The number of thioether (sulfide) groups is 1. The van der Waals surface area contributed by atoms with E-state index in [0.717, 1.165) is 12.2 Å². The van der Waals surface area contributed by atoms with E-state index < -0.39 is 11.5 Å². The first-order valence-corrected chi connectivity index (χ1v) is 7.08. The Hall–Kier alpha value is -1.07. The fourth-order valence-electron chi connectivity index (χ4n) is 1.84. The maximum absolute atomic E-state index is 11.3. The van der Waals surface area contributed by atoms with Crippen LogP contribution in [0.25, 0.3) is 0 Å². The van der Waals surface area contributed by atoms with E-state index in [-0.39, 0.29) is 0 Å². The second-order valence-corrected chi connectivity index (χ2v) is 5.29. The summed E-state index contributed by atoms with van der Waals surface area (Å²) in [5.41, 5.74) is -0.779. The van der Waals surface area contributed by atoms with Crippen molar-refractivity contribution in [2.45, 2.75) is 36.6 Å². The summed E-state index contributed by atoms with van der Waals surface area (Å²) in [5.74, 6) is 0.155. The Bertz CT molecular complexity index is 367. The van der Waals surface area contributed by atoms with Gasteiger partial charge in [-0.15, -0.1) is 11.8 Å². The number of carboxylic acid groups (broad SMARTS) is 1. The number of nitrogens with one attached hydrogen (secondary N) is 1.